The smallest absolute Gasteiger partial charge is 0.236 e. The fourth-order valence-corrected chi connectivity index (χ4v) is 0.743. The lowest BCUT2D eigenvalue weighted by Gasteiger charge is -2.17. The van der Waals surface area contributed by atoms with E-state index >= 15 is 0 Å². The molecule has 0 aliphatic heterocycles. The van der Waals surface area contributed by atoms with E-state index in [9.17, 15) is 4.79 Å². The summed E-state index contributed by atoms with van der Waals surface area (Å²) in [5, 5.41) is 14.0. The number of oxime groups is 1. The molecule has 0 heterocycles. The highest BCUT2D eigenvalue weighted by atomic mass is 16.4. The molecular weight excluding hydrogens is 184 g/mol. The maximum Gasteiger partial charge on any atom is 0.236 e. The average molecular weight is 202 g/mol. The zero-order valence-corrected chi connectivity index (χ0v) is 8.82. The maximum absolute atomic E-state index is 11.3. The van der Waals surface area contributed by atoms with E-state index in [0.29, 0.717) is 6.54 Å². The molecule has 0 aromatic carbocycles. The largest absolute Gasteiger partial charge is 0.409 e. The lowest BCUT2D eigenvalue weighted by molar-refractivity contribution is -0.128. The van der Waals surface area contributed by atoms with Gasteiger partial charge in [0.15, 0.2) is 5.84 Å². The third-order valence-electron chi connectivity index (χ3n) is 2.02. The third-order valence-corrected chi connectivity index (χ3v) is 2.02. The van der Waals surface area contributed by atoms with Gasteiger partial charge in [0.25, 0.3) is 0 Å². The van der Waals surface area contributed by atoms with E-state index in [2.05, 4.69) is 10.5 Å². The van der Waals surface area contributed by atoms with Gasteiger partial charge in [-0.3, -0.25) is 10.1 Å². The normalized spacial score (nSPS) is 13.8. The lowest BCUT2D eigenvalue weighted by Crippen LogP contribution is -2.44. The van der Waals surface area contributed by atoms with Crippen LogP contribution in [0.2, 0.25) is 0 Å². The molecule has 0 aliphatic rings. The van der Waals surface area contributed by atoms with Crippen molar-refractivity contribution in [3.8, 4) is 0 Å². The predicted octanol–water partition coefficient (Wildman–Crippen LogP) is -0.811. The number of likely N-dealkylation sites (N-methyl/N-ethyl adjacent to an activating group) is 1. The van der Waals surface area contributed by atoms with E-state index in [1.807, 2.05) is 6.92 Å². The number of carbonyl (C=O) groups is 1. The van der Waals surface area contributed by atoms with Crippen LogP contribution < -0.4 is 11.1 Å². The van der Waals surface area contributed by atoms with Crippen LogP contribution in [0.4, 0.5) is 0 Å². The summed E-state index contributed by atoms with van der Waals surface area (Å²) >= 11 is 0. The lowest BCUT2D eigenvalue weighted by atomic mass is 10.3. The van der Waals surface area contributed by atoms with Crippen molar-refractivity contribution in [2.24, 2.45) is 10.9 Å². The standard InChI is InChI=1S/C8H18N4O2/c1-4-12(3)7(13)5-10-6(2)8(9)11-14/h6,10,14H,4-5H2,1-3H3,(H2,9,11). The molecule has 1 unspecified atom stereocenters. The zero-order valence-electron chi connectivity index (χ0n) is 8.82. The number of rotatable bonds is 5. The van der Waals surface area contributed by atoms with Crippen molar-refractivity contribution < 1.29 is 10.0 Å². The van der Waals surface area contributed by atoms with Crippen LogP contribution in [-0.4, -0.2) is 48.0 Å². The van der Waals surface area contributed by atoms with Crippen molar-refractivity contribution in [1.29, 1.82) is 0 Å². The summed E-state index contributed by atoms with van der Waals surface area (Å²) in [7, 11) is 1.72. The Morgan fingerprint density at radius 3 is 2.71 bits per heavy atom. The number of amidine groups is 1. The number of hydrogen-bond donors (Lipinski definition) is 3. The Bertz CT molecular complexity index is 217. The van der Waals surface area contributed by atoms with Crippen molar-refractivity contribution >= 4 is 11.7 Å². The van der Waals surface area contributed by atoms with Crippen LogP contribution in [0.5, 0.6) is 0 Å². The average Bonchev–Trinajstić information content (AvgIpc) is 2.22. The highest BCUT2D eigenvalue weighted by Gasteiger charge is 2.10. The maximum atomic E-state index is 11.3. The van der Waals surface area contributed by atoms with Crippen LogP contribution in [0.1, 0.15) is 13.8 Å². The number of carbonyl (C=O) groups excluding carboxylic acids is 1. The molecule has 0 bridgehead atoms. The number of hydrogen-bond acceptors (Lipinski definition) is 4. The van der Waals surface area contributed by atoms with Crippen LogP contribution in [-0.2, 0) is 4.79 Å². The zero-order chi connectivity index (χ0) is 11.1. The molecule has 1 amide bonds. The first kappa shape index (κ1) is 12.7. The Hall–Kier alpha value is -1.30. The van der Waals surface area contributed by atoms with Gasteiger partial charge in [0.1, 0.15) is 0 Å². The van der Waals surface area contributed by atoms with Crippen molar-refractivity contribution in [2.45, 2.75) is 19.9 Å². The van der Waals surface area contributed by atoms with E-state index in [1.165, 1.54) is 0 Å². The Kier molecular flexibility index (Phi) is 5.62. The van der Waals surface area contributed by atoms with Gasteiger partial charge in [-0.15, -0.1) is 0 Å². The van der Waals surface area contributed by atoms with Crippen LogP contribution in [0.3, 0.4) is 0 Å². The first-order valence-electron chi connectivity index (χ1n) is 4.47. The highest BCUT2D eigenvalue weighted by molar-refractivity contribution is 5.85. The topological polar surface area (TPSA) is 91.0 Å². The molecule has 0 aliphatic carbocycles. The van der Waals surface area contributed by atoms with Crippen molar-refractivity contribution in [3.63, 3.8) is 0 Å². The van der Waals surface area contributed by atoms with E-state index in [1.54, 1.807) is 18.9 Å². The molecule has 0 aromatic rings. The molecule has 1 atom stereocenters. The second-order valence-corrected chi connectivity index (χ2v) is 3.04. The SMILES string of the molecule is CCN(C)C(=O)CNC(C)C(N)=NO. The van der Waals surface area contributed by atoms with Crippen LogP contribution in [0.15, 0.2) is 5.16 Å². The van der Waals surface area contributed by atoms with Crippen molar-refractivity contribution in [1.82, 2.24) is 10.2 Å². The van der Waals surface area contributed by atoms with Gasteiger partial charge in [-0.05, 0) is 13.8 Å². The molecule has 82 valence electrons. The fraction of sp³-hybridized carbons (Fsp3) is 0.750. The number of nitrogens with two attached hydrogens (primary N) is 1. The van der Waals surface area contributed by atoms with Crippen LogP contribution >= 0.6 is 0 Å². The van der Waals surface area contributed by atoms with Gasteiger partial charge in [-0.1, -0.05) is 5.16 Å². The van der Waals surface area contributed by atoms with Crippen molar-refractivity contribution in [2.75, 3.05) is 20.1 Å². The summed E-state index contributed by atoms with van der Waals surface area (Å²) in [4.78, 5) is 12.9. The van der Waals surface area contributed by atoms with Crippen LogP contribution in [0, 0.1) is 0 Å². The number of amides is 1. The van der Waals surface area contributed by atoms with E-state index in [0.717, 1.165) is 0 Å². The third kappa shape index (κ3) is 4.08. The second kappa shape index (κ2) is 6.20. The molecule has 0 spiro atoms. The summed E-state index contributed by atoms with van der Waals surface area (Å²) in [6.07, 6.45) is 0. The van der Waals surface area contributed by atoms with Gasteiger partial charge < -0.3 is 15.8 Å². The molecular formula is C8H18N4O2. The number of nitrogens with one attached hydrogen (secondary N) is 1. The highest BCUT2D eigenvalue weighted by Crippen LogP contribution is 1.85. The summed E-state index contributed by atoms with van der Waals surface area (Å²) < 4.78 is 0. The molecule has 0 aromatic heterocycles. The molecule has 6 nitrogen and oxygen atoms in total. The molecule has 0 fully saturated rings. The Morgan fingerprint density at radius 2 is 2.29 bits per heavy atom. The molecule has 14 heavy (non-hydrogen) atoms. The summed E-state index contributed by atoms with van der Waals surface area (Å²) in [6, 6.07) is -0.311. The molecule has 0 saturated carbocycles. The monoisotopic (exact) mass is 202 g/mol. The molecule has 6 heteroatoms. The summed E-state index contributed by atoms with van der Waals surface area (Å²) in [5.41, 5.74) is 5.32. The van der Waals surface area contributed by atoms with Crippen molar-refractivity contribution in [3.05, 3.63) is 0 Å². The van der Waals surface area contributed by atoms with Crippen LogP contribution in [0.25, 0.3) is 0 Å². The fourth-order valence-electron chi connectivity index (χ4n) is 0.743. The van der Waals surface area contributed by atoms with Gasteiger partial charge in [-0.2, -0.15) is 0 Å². The van der Waals surface area contributed by atoms with E-state index < -0.39 is 0 Å². The molecule has 0 radical (unpaired) electrons. The van der Waals surface area contributed by atoms with E-state index in [-0.39, 0.29) is 24.3 Å². The quantitative estimate of drug-likeness (QED) is 0.235. The summed E-state index contributed by atoms with van der Waals surface area (Å²) in [5.74, 6) is 0.0436. The molecule has 0 saturated heterocycles. The minimum Gasteiger partial charge on any atom is -0.409 e. The summed E-state index contributed by atoms with van der Waals surface area (Å²) in [6.45, 7) is 4.46. The minimum absolute atomic E-state index is 0.0231. The minimum atomic E-state index is -0.311. The van der Waals surface area contributed by atoms with Gasteiger partial charge in [0, 0.05) is 13.6 Å². The van der Waals surface area contributed by atoms with E-state index in [4.69, 9.17) is 10.9 Å². The van der Waals surface area contributed by atoms with Gasteiger partial charge >= 0.3 is 0 Å². The van der Waals surface area contributed by atoms with Gasteiger partial charge in [0.05, 0.1) is 12.6 Å². The Morgan fingerprint density at radius 1 is 1.71 bits per heavy atom. The number of nitrogens with zero attached hydrogens (tertiary/aromatic N) is 2. The Balaban J connectivity index is 3.89. The molecule has 0 rings (SSSR count). The first-order valence-corrected chi connectivity index (χ1v) is 4.47. The first-order chi connectivity index (χ1) is 6.52. The second-order valence-electron chi connectivity index (χ2n) is 3.04. The molecule has 4 N–H and O–H groups in total. The van der Waals surface area contributed by atoms with Gasteiger partial charge in [0.2, 0.25) is 5.91 Å². The predicted molar refractivity (Wildman–Crippen MR) is 54.2 cm³/mol. The Labute approximate surface area is 83.7 Å². The van der Waals surface area contributed by atoms with Gasteiger partial charge in [-0.25, -0.2) is 0 Å².